The predicted molar refractivity (Wildman–Crippen MR) is 64.6 cm³/mol. The van der Waals surface area contributed by atoms with Crippen LogP contribution in [0.2, 0.25) is 0 Å². The summed E-state index contributed by atoms with van der Waals surface area (Å²) in [4.78, 5) is 11.9. The van der Waals surface area contributed by atoms with E-state index in [9.17, 15) is 4.79 Å². The third kappa shape index (κ3) is 3.30. The van der Waals surface area contributed by atoms with Gasteiger partial charge in [-0.05, 0) is 30.5 Å². The molecule has 0 bridgehead atoms. The van der Waals surface area contributed by atoms with Crippen molar-refractivity contribution in [1.29, 1.82) is 0 Å². The lowest BCUT2D eigenvalue weighted by atomic mass is 9.89. The van der Waals surface area contributed by atoms with Crippen molar-refractivity contribution in [2.75, 3.05) is 0 Å². The minimum atomic E-state index is -0.110. The number of benzene rings is 1. The number of esters is 1. The van der Waals surface area contributed by atoms with Gasteiger partial charge in [-0.1, -0.05) is 31.4 Å². The lowest BCUT2D eigenvalue weighted by molar-refractivity contribution is -0.139. The van der Waals surface area contributed by atoms with Crippen molar-refractivity contribution in [3.63, 3.8) is 0 Å². The number of hydrogen-bond acceptors (Lipinski definition) is 3. The van der Waals surface area contributed by atoms with Gasteiger partial charge >= 0.3 is 5.97 Å². The SMILES string of the molecule is O=C(Oc1ccc(CO)cc1)C1CCCCC1. The molecule has 0 spiro atoms. The fourth-order valence-corrected chi connectivity index (χ4v) is 2.20. The molecule has 1 aliphatic rings. The molecule has 0 amide bonds. The van der Waals surface area contributed by atoms with Crippen molar-refractivity contribution in [3.8, 4) is 5.75 Å². The fourth-order valence-electron chi connectivity index (χ4n) is 2.20. The molecule has 92 valence electrons. The van der Waals surface area contributed by atoms with Crippen LogP contribution in [0.5, 0.6) is 5.75 Å². The van der Waals surface area contributed by atoms with Gasteiger partial charge < -0.3 is 9.84 Å². The maximum absolute atomic E-state index is 11.9. The zero-order valence-corrected chi connectivity index (χ0v) is 9.89. The van der Waals surface area contributed by atoms with Crippen LogP contribution in [0.3, 0.4) is 0 Å². The van der Waals surface area contributed by atoms with E-state index >= 15 is 0 Å². The summed E-state index contributed by atoms with van der Waals surface area (Å²) in [6.45, 7) is 0.0108. The summed E-state index contributed by atoms with van der Waals surface area (Å²) < 4.78 is 5.33. The van der Waals surface area contributed by atoms with Gasteiger partial charge in [0.1, 0.15) is 5.75 Å². The van der Waals surface area contributed by atoms with Crippen LogP contribution < -0.4 is 4.74 Å². The quantitative estimate of drug-likeness (QED) is 0.646. The molecule has 17 heavy (non-hydrogen) atoms. The summed E-state index contributed by atoms with van der Waals surface area (Å²) in [6, 6.07) is 6.99. The molecule has 0 unspecified atom stereocenters. The topological polar surface area (TPSA) is 46.5 Å². The third-order valence-corrected chi connectivity index (χ3v) is 3.26. The Bertz CT molecular complexity index is 364. The molecule has 0 radical (unpaired) electrons. The second-order valence-electron chi connectivity index (χ2n) is 4.56. The summed E-state index contributed by atoms with van der Waals surface area (Å²) in [6.07, 6.45) is 5.39. The van der Waals surface area contributed by atoms with Crippen molar-refractivity contribution >= 4 is 5.97 Å². The highest BCUT2D eigenvalue weighted by Crippen LogP contribution is 2.25. The van der Waals surface area contributed by atoms with Gasteiger partial charge in [0, 0.05) is 0 Å². The van der Waals surface area contributed by atoms with E-state index in [1.54, 1.807) is 24.3 Å². The van der Waals surface area contributed by atoms with Gasteiger partial charge in [0.2, 0.25) is 0 Å². The zero-order valence-electron chi connectivity index (χ0n) is 9.89. The van der Waals surface area contributed by atoms with E-state index in [-0.39, 0.29) is 18.5 Å². The first-order valence-electron chi connectivity index (χ1n) is 6.21. The Morgan fingerprint density at radius 1 is 1.18 bits per heavy atom. The largest absolute Gasteiger partial charge is 0.426 e. The molecule has 0 atom stereocenters. The summed E-state index contributed by atoms with van der Waals surface area (Å²) in [5.74, 6) is 0.528. The minimum Gasteiger partial charge on any atom is -0.426 e. The Morgan fingerprint density at radius 3 is 2.41 bits per heavy atom. The summed E-state index contributed by atoms with van der Waals surface area (Å²) in [7, 11) is 0. The molecule has 3 heteroatoms. The van der Waals surface area contributed by atoms with E-state index in [1.807, 2.05) is 0 Å². The van der Waals surface area contributed by atoms with E-state index in [2.05, 4.69) is 0 Å². The average Bonchev–Trinajstić information content (AvgIpc) is 2.40. The van der Waals surface area contributed by atoms with Gasteiger partial charge in [0.25, 0.3) is 0 Å². The molecule has 0 aliphatic heterocycles. The maximum atomic E-state index is 11.9. The molecule has 1 aliphatic carbocycles. The van der Waals surface area contributed by atoms with Crippen molar-refractivity contribution in [1.82, 2.24) is 0 Å². The number of ether oxygens (including phenoxy) is 1. The third-order valence-electron chi connectivity index (χ3n) is 3.26. The monoisotopic (exact) mass is 234 g/mol. The zero-order chi connectivity index (χ0) is 12.1. The van der Waals surface area contributed by atoms with Crippen LogP contribution in [-0.4, -0.2) is 11.1 Å². The smallest absolute Gasteiger partial charge is 0.314 e. The minimum absolute atomic E-state index is 0.0108. The molecular weight excluding hydrogens is 216 g/mol. The summed E-state index contributed by atoms with van der Waals surface area (Å²) in [5, 5.41) is 8.91. The highest BCUT2D eigenvalue weighted by Gasteiger charge is 2.22. The molecule has 0 saturated heterocycles. The first-order chi connectivity index (χ1) is 8.29. The van der Waals surface area contributed by atoms with E-state index in [0.717, 1.165) is 31.2 Å². The standard InChI is InChI=1S/C14H18O3/c15-10-11-6-8-13(9-7-11)17-14(16)12-4-2-1-3-5-12/h6-9,12,15H,1-5,10H2. The number of carbonyl (C=O) groups excluding carboxylic acids is 1. The molecule has 2 rings (SSSR count). The molecule has 1 aromatic carbocycles. The Labute approximate surface area is 101 Å². The molecule has 1 fully saturated rings. The Morgan fingerprint density at radius 2 is 1.82 bits per heavy atom. The number of aliphatic hydroxyl groups is 1. The second kappa shape index (κ2) is 5.82. The van der Waals surface area contributed by atoms with E-state index in [0.29, 0.717) is 5.75 Å². The van der Waals surface area contributed by atoms with Crippen LogP contribution in [0.25, 0.3) is 0 Å². The Balaban J connectivity index is 1.92. The average molecular weight is 234 g/mol. The van der Waals surface area contributed by atoms with Crippen LogP contribution >= 0.6 is 0 Å². The molecular formula is C14H18O3. The lowest BCUT2D eigenvalue weighted by Crippen LogP contribution is -2.22. The normalized spacial score (nSPS) is 16.8. The Kier molecular flexibility index (Phi) is 4.15. The predicted octanol–water partition coefficient (Wildman–Crippen LogP) is 2.66. The molecule has 1 saturated carbocycles. The first kappa shape index (κ1) is 12.1. The Hall–Kier alpha value is -1.35. The highest BCUT2D eigenvalue weighted by molar-refractivity contribution is 5.75. The van der Waals surface area contributed by atoms with E-state index in [4.69, 9.17) is 9.84 Å². The molecule has 1 N–H and O–H groups in total. The fraction of sp³-hybridized carbons (Fsp3) is 0.500. The van der Waals surface area contributed by atoms with Gasteiger partial charge in [-0.15, -0.1) is 0 Å². The van der Waals surface area contributed by atoms with Crippen molar-refractivity contribution in [2.24, 2.45) is 5.92 Å². The first-order valence-corrected chi connectivity index (χ1v) is 6.21. The number of rotatable bonds is 3. The van der Waals surface area contributed by atoms with Crippen LogP contribution in [0.4, 0.5) is 0 Å². The van der Waals surface area contributed by atoms with Gasteiger partial charge in [0.05, 0.1) is 12.5 Å². The second-order valence-corrected chi connectivity index (χ2v) is 4.56. The summed E-state index contributed by atoms with van der Waals surface area (Å²) in [5.41, 5.74) is 0.822. The van der Waals surface area contributed by atoms with Crippen molar-refractivity contribution < 1.29 is 14.6 Å². The van der Waals surface area contributed by atoms with Crippen LogP contribution in [0.15, 0.2) is 24.3 Å². The van der Waals surface area contributed by atoms with Crippen molar-refractivity contribution in [3.05, 3.63) is 29.8 Å². The highest BCUT2D eigenvalue weighted by atomic mass is 16.5. The van der Waals surface area contributed by atoms with Gasteiger partial charge in [-0.2, -0.15) is 0 Å². The van der Waals surface area contributed by atoms with E-state index in [1.165, 1.54) is 6.42 Å². The maximum Gasteiger partial charge on any atom is 0.314 e. The van der Waals surface area contributed by atoms with E-state index < -0.39 is 0 Å². The van der Waals surface area contributed by atoms with Gasteiger partial charge in [-0.25, -0.2) is 0 Å². The number of hydrogen-bond donors (Lipinski definition) is 1. The van der Waals surface area contributed by atoms with Crippen LogP contribution in [0, 0.1) is 5.92 Å². The molecule has 0 aromatic heterocycles. The molecule has 1 aromatic rings. The molecule has 0 heterocycles. The lowest BCUT2D eigenvalue weighted by Gasteiger charge is -2.19. The van der Waals surface area contributed by atoms with Crippen molar-refractivity contribution in [2.45, 2.75) is 38.7 Å². The summed E-state index contributed by atoms with van der Waals surface area (Å²) >= 11 is 0. The van der Waals surface area contributed by atoms with Crippen LogP contribution in [-0.2, 0) is 11.4 Å². The van der Waals surface area contributed by atoms with Crippen LogP contribution in [0.1, 0.15) is 37.7 Å². The van der Waals surface area contributed by atoms with Gasteiger partial charge in [0.15, 0.2) is 0 Å². The number of carbonyl (C=O) groups is 1. The van der Waals surface area contributed by atoms with Gasteiger partial charge in [-0.3, -0.25) is 4.79 Å². The number of aliphatic hydroxyl groups excluding tert-OH is 1. The molecule has 3 nitrogen and oxygen atoms in total.